The van der Waals surface area contributed by atoms with Crippen LogP contribution in [0.15, 0.2) is 72.8 Å². The topological polar surface area (TPSA) is 67.4 Å². The Bertz CT molecular complexity index is 1110. The molecule has 0 spiro atoms. The van der Waals surface area contributed by atoms with Gasteiger partial charge in [0.05, 0.1) is 18.2 Å². The number of ether oxygens (including phenoxy) is 1. The Morgan fingerprint density at radius 1 is 0.935 bits per heavy atom. The molecule has 1 aliphatic rings. The van der Waals surface area contributed by atoms with E-state index in [-0.39, 0.29) is 11.8 Å². The molecule has 0 unspecified atom stereocenters. The van der Waals surface area contributed by atoms with Crippen molar-refractivity contribution in [3.05, 3.63) is 88.9 Å². The van der Waals surface area contributed by atoms with Crippen LogP contribution in [0.2, 0.25) is 5.02 Å². The van der Waals surface area contributed by atoms with E-state index in [1.54, 1.807) is 43.5 Å². The zero-order valence-corrected chi connectivity index (χ0v) is 17.9. The van der Waals surface area contributed by atoms with E-state index < -0.39 is 5.41 Å². The number of amides is 2. The maximum atomic E-state index is 13.1. The smallest absolute Gasteiger partial charge is 0.255 e. The zero-order valence-electron chi connectivity index (χ0n) is 17.2. The van der Waals surface area contributed by atoms with Gasteiger partial charge in [0.15, 0.2) is 0 Å². The van der Waals surface area contributed by atoms with Gasteiger partial charge in [-0.1, -0.05) is 42.3 Å². The van der Waals surface area contributed by atoms with Crippen LogP contribution in [0.4, 0.5) is 11.4 Å². The van der Waals surface area contributed by atoms with Crippen LogP contribution in [-0.4, -0.2) is 18.9 Å². The van der Waals surface area contributed by atoms with E-state index in [4.69, 9.17) is 16.3 Å². The van der Waals surface area contributed by atoms with Crippen molar-refractivity contribution in [2.24, 2.45) is 0 Å². The van der Waals surface area contributed by atoms with Gasteiger partial charge < -0.3 is 15.4 Å². The number of nitrogens with one attached hydrogen (secondary N) is 2. The van der Waals surface area contributed by atoms with Crippen LogP contribution in [0, 0.1) is 0 Å². The van der Waals surface area contributed by atoms with E-state index in [9.17, 15) is 9.59 Å². The van der Waals surface area contributed by atoms with Gasteiger partial charge in [0.25, 0.3) is 5.91 Å². The largest absolute Gasteiger partial charge is 0.495 e. The van der Waals surface area contributed by atoms with Gasteiger partial charge in [-0.05, 0) is 66.9 Å². The molecule has 3 aromatic rings. The molecule has 0 bridgehead atoms. The molecule has 1 saturated carbocycles. The van der Waals surface area contributed by atoms with Gasteiger partial charge in [-0.3, -0.25) is 9.59 Å². The summed E-state index contributed by atoms with van der Waals surface area (Å²) in [7, 11) is 1.56. The maximum Gasteiger partial charge on any atom is 0.255 e. The second-order valence-corrected chi connectivity index (χ2v) is 8.07. The van der Waals surface area contributed by atoms with Gasteiger partial charge >= 0.3 is 0 Å². The summed E-state index contributed by atoms with van der Waals surface area (Å²) >= 11 is 6.14. The van der Waals surface area contributed by atoms with Crippen molar-refractivity contribution < 1.29 is 14.3 Å². The number of carbonyl (C=O) groups excluding carboxylic acids is 2. The van der Waals surface area contributed by atoms with Crippen LogP contribution in [0.25, 0.3) is 0 Å². The molecule has 158 valence electrons. The lowest BCUT2D eigenvalue weighted by atomic mass is 9.64. The Morgan fingerprint density at radius 2 is 1.68 bits per heavy atom. The highest BCUT2D eigenvalue weighted by atomic mass is 35.5. The fourth-order valence-electron chi connectivity index (χ4n) is 3.86. The molecule has 0 saturated heterocycles. The Hall–Kier alpha value is -3.31. The van der Waals surface area contributed by atoms with Crippen molar-refractivity contribution in [1.82, 2.24) is 0 Å². The molecule has 0 radical (unpaired) electrons. The highest BCUT2D eigenvalue weighted by molar-refractivity contribution is 6.30. The lowest BCUT2D eigenvalue weighted by Crippen LogP contribution is -2.46. The number of anilines is 2. The second kappa shape index (κ2) is 8.82. The number of hydrogen-bond acceptors (Lipinski definition) is 3. The fraction of sp³-hybridized carbons (Fsp3) is 0.200. The predicted molar refractivity (Wildman–Crippen MR) is 123 cm³/mol. The van der Waals surface area contributed by atoms with Crippen LogP contribution in [0.1, 0.15) is 35.2 Å². The standard InChI is InChI=1S/C25H23ClN2O3/c1-31-22-9-3-2-8-21(22)28-23(29)17-10-12-20(13-11-17)27-24(30)25(14-5-15-25)18-6-4-7-19(26)16-18/h2-4,6-13,16H,5,14-15H2,1H3,(H,27,30)(H,28,29). The minimum absolute atomic E-state index is 0.0489. The van der Waals surface area contributed by atoms with Crippen LogP contribution < -0.4 is 15.4 Å². The third-order valence-electron chi connectivity index (χ3n) is 5.78. The fourth-order valence-corrected chi connectivity index (χ4v) is 4.05. The summed E-state index contributed by atoms with van der Waals surface area (Å²) in [4.78, 5) is 25.7. The molecular weight excluding hydrogens is 412 g/mol. The molecule has 5 nitrogen and oxygen atoms in total. The molecule has 6 heteroatoms. The molecule has 0 atom stereocenters. The summed E-state index contributed by atoms with van der Waals surface area (Å²) < 4.78 is 5.27. The number of methoxy groups -OCH3 is 1. The Morgan fingerprint density at radius 3 is 2.32 bits per heavy atom. The minimum Gasteiger partial charge on any atom is -0.495 e. The monoisotopic (exact) mass is 434 g/mol. The molecule has 0 aliphatic heterocycles. The molecular formula is C25H23ClN2O3. The highest BCUT2D eigenvalue weighted by Crippen LogP contribution is 2.45. The Labute approximate surface area is 186 Å². The van der Waals surface area contributed by atoms with E-state index in [2.05, 4.69) is 10.6 Å². The van der Waals surface area contributed by atoms with E-state index in [0.717, 1.165) is 24.8 Å². The number of rotatable bonds is 6. The lowest BCUT2D eigenvalue weighted by molar-refractivity contribution is -0.124. The first-order chi connectivity index (χ1) is 15.0. The third kappa shape index (κ3) is 4.28. The predicted octanol–water partition coefficient (Wildman–Crippen LogP) is 5.66. The zero-order chi connectivity index (χ0) is 21.8. The van der Waals surface area contributed by atoms with Gasteiger partial charge in [0.1, 0.15) is 5.75 Å². The lowest BCUT2D eigenvalue weighted by Gasteiger charge is -2.40. The van der Waals surface area contributed by atoms with Crippen molar-refractivity contribution in [3.63, 3.8) is 0 Å². The molecule has 1 aliphatic carbocycles. The van der Waals surface area contributed by atoms with Gasteiger partial charge in [-0.25, -0.2) is 0 Å². The van der Waals surface area contributed by atoms with Crippen LogP contribution >= 0.6 is 11.6 Å². The molecule has 4 rings (SSSR count). The van der Waals surface area contributed by atoms with Crippen LogP contribution in [-0.2, 0) is 10.2 Å². The van der Waals surface area contributed by atoms with Crippen molar-refractivity contribution in [3.8, 4) is 5.75 Å². The summed E-state index contributed by atoms with van der Waals surface area (Å²) in [5.41, 5.74) is 2.12. The van der Waals surface area contributed by atoms with Gasteiger partial charge in [0.2, 0.25) is 5.91 Å². The number of carbonyl (C=O) groups is 2. The van der Waals surface area contributed by atoms with E-state index in [1.807, 2.05) is 36.4 Å². The van der Waals surface area contributed by atoms with Gasteiger partial charge in [-0.15, -0.1) is 0 Å². The summed E-state index contributed by atoms with van der Waals surface area (Å²) in [5.74, 6) is 0.288. The first-order valence-corrected chi connectivity index (χ1v) is 10.5. The van der Waals surface area contributed by atoms with Crippen LogP contribution in [0.5, 0.6) is 5.75 Å². The molecule has 1 fully saturated rings. The van der Waals surface area contributed by atoms with E-state index >= 15 is 0 Å². The average molecular weight is 435 g/mol. The van der Waals surface area contributed by atoms with Crippen molar-refractivity contribution in [1.29, 1.82) is 0 Å². The van der Waals surface area contributed by atoms with Crippen molar-refractivity contribution in [2.75, 3.05) is 17.7 Å². The Kier molecular flexibility index (Phi) is 5.96. The molecule has 2 N–H and O–H groups in total. The van der Waals surface area contributed by atoms with Crippen molar-refractivity contribution in [2.45, 2.75) is 24.7 Å². The average Bonchev–Trinajstić information content (AvgIpc) is 2.74. The molecule has 31 heavy (non-hydrogen) atoms. The van der Waals surface area contributed by atoms with E-state index in [0.29, 0.717) is 27.7 Å². The molecule has 0 heterocycles. The van der Waals surface area contributed by atoms with Crippen LogP contribution in [0.3, 0.4) is 0 Å². The first kappa shape index (κ1) is 20.9. The number of hydrogen-bond donors (Lipinski definition) is 2. The molecule has 2 amide bonds. The number of benzene rings is 3. The van der Waals surface area contributed by atoms with E-state index in [1.165, 1.54) is 0 Å². The highest BCUT2D eigenvalue weighted by Gasteiger charge is 2.45. The summed E-state index contributed by atoms with van der Waals surface area (Å²) in [6, 6.07) is 21.6. The minimum atomic E-state index is -0.551. The SMILES string of the molecule is COc1ccccc1NC(=O)c1ccc(NC(=O)C2(c3cccc(Cl)c3)CCC2)cc1. The molecule has 3 aromatic carbocycles. The Balaban J connectivity index is 1.46. The number of para-hydroxylation sites is 2. The normalized spacial score (nSPS) is 14.3. The maximum absolute atomic E-state index is 13.1. The van der Waals surface area contributed by atoms with Gasteiger partial charge in [0, 0.05) is 16.3 Å². The summed E-state index contributed by atoms with van der Waals surface area (Å²) in [6.45, 7) is 0. The van der Waals surface area contributed by atoms with Crippen molar-refractivity contribution >= 4 is 34.8 Å². The summed E-state index contributed by atoms with van der Waals surface area (Å²) in [5, 5.41) is 6.47. The van der Waals surface area contributed by atoms with Gasteiger partial charge in [-0.2, -0.15) is 0 Å². The second-order valence-electron chi connectivity index (χ2n) is 7.63. The molecule has 0 aromatic heterocycles. The third-order valence-corrected chi connectivity index (χ3v) is 6.01. The quantitative estimate of drug-likeness (QED) is 0.526. The number of halogens is 1. The summed E-state index contributed by atoms with van der Waals surface area (Å²) in [6.07, 6.45) is 2.58. The first-order valence-electron chi connectivity index (χ1n) is 10.1.